The normalized spacial score (nSPS) is 43.4. The molecule has 4 atom stereocenters. The number of rotatable bonds is 0. The maximum absolute atomic E-state index is 12.3. The van der Waals surface area contributed by atoms with Crippen LogP contribution in [-0.4, -0.2) is 37.3 Å². The minimum Gasteiger partial charge on any atom is -0.444 e. The number of carbonyl (C=O) groups excluding carboxylic acids is 1. The summed E-state index contributed by atoms with van der Waals surface area (Å²) in [5, 5.41) is 0. The molecule has 0 radical (unpaired) electrons. The smallest absolute Gasteiger partial charge is 0.411 e. The van der Waals surface area contributed by atoms with E-state index in [1.165, 1.54) is 0 Å². The highest BCUT2D eigenvalue weighted by Crippen LogP contribution is 2.62. The molecule has 0 bridgehead atoms. The van der Waals surface area contributed by atoms with Crippen LogP contribution in [0.3, 0.4) is 0 Å². The van der Waals surface area contributed by atoms with E-state index in [9.17, 15) is 4.79 Å². The second-order valence-corrected chi connectivity index (χ2v) is 9.16. The average Bonchev–Trinajstić information content (AvgIpc) is 2.59. The van der Waals surface area contributed by atoms with E-state index >= 15 is 0 Å². The number of hydrogen-bond donors (Lipinski definition) is 0. The maximum Gasteiger partial charge on any atom is 0.411 e. The van der Waals surface area contributed by atoms with Gasteiger partial charge in [0.05, 0.1) is 11.1 Å². The zero-order valence-corrected chi connectivity index (χ0v) is 14.8. The van der Waals surface area contributed by atoms with Crippen LogP contribution >= 0.6 is 31.9 Å². The molecule has 1 saturated carbocycles. The van der Waals surface area contributed by atoms with E-state index in [1.807, 2.05) is 25.7 Å². The highest BCUT2D eigenvalue weighted by atomic mass is 79.9. The first-order valence-corrected chi connectivity index (χ1v) is 8.16. The van der Waals surface area contributed by atoms with Crippen molar-refractivity contribution in [2.24, 2.45) is 0 Å². The van der Waals surface area contributed by atoms with Crippen molar-refractivity contribution in [2.75, 3.05) is 0 Å². The number of fused-ring (bicyclic) bond motifs is 1. The first kappa shape index (κ1) is 14.6. The Hall–Kier alpha value is 0.230. The molecule has 0 aromatic carbocycles. The van der Waals surface area contributed by atoms with Crippen LogP contribution in [0.25, 0.3) is 0 Å². The maximum atomic E-state index is 12.3. The molecule has 0 N–H and O–H groups in total. The summed E-state index contributed by atoms with van der Waals surface area (Å²) in [7, 11) is 0. The summed E-state index contributed by atoms with van der Waals surface area (Å²) in [6.45, 7) is 10.0. The van der Waals surface area contributed by atoms with Gasteiger partial charge in [-0.2, -0.15) is 0 Å². The lowest BCUT2D eigenvalue weighted by molar-refractivity contribution is 0.0358. The predicted octanol–water partition coefficient (Wildman–Crippen LogP) is 4.08. The van der Waals surface area contributed by atoms with Gasteiger partial charge in [-0.1, -0.05) is 31.9 Å². The molecule has 1 aliphatic carbocycles. The molecule has 5 heteroatoms. The Kier molecular flexibility index (Phi) is 3.34. The molecular formula is C13H21Br2NO2. The standard InChI is InChI=1S/C13H21Br2NO2/c1-11(2,3)18-10(17)16-12(4)6-8(14)9(15)7-13(12,16)5/h8-9H,6-7H2,1-5H3/t8-,9+,12-,13-,16?/m1/s1. The summed E-state index contributed by atoms with van der Waals surface area (Å²) in [4.78, 5) is 15.0. The Balaban J connectivity index is 2.15. The molecule has 3 nitrogen and oxygen atoms in total. The molecule has 2 aliphatic rings. The lowest BCUT2D eigenvalue weighted by Gasteiger charge is -2.28. The molecule has 1 amide bonds. The third kappa shape index (κ3) is 2.11. The van der Waals surface area contributed by atoms with Gasteiger partial charge in [0.25, 0.3) is 0 Å². The fourth-order valence-electron chi connectivity index (χ4n) is 3.08. The van der Waals surface area contributed by atoms with Crippen LogP contribution in [-0.2, 0) is 4.74 Å². The molecular weight excluding hydrogens is 362 g/mol. The molecule has 0 spiro atoms. The van der Waals surface area contributed by atoms with Crippen molar-refractivity contribution in [3.05, 3.63) is 0 Å². The SMILES string of the molecule is CC(C)(C)OC(=O)N1[C@]2(C)C[C@@H](Br)[C@@H](Br)C[C@@]12C. The number of ether oxygens (including phenoxy) is 1. The largest absolute Gasteiger partial charge is 0.444 e. The van der Waals surface area contributed by atoms with Crippen LogP contribution < -0.4 is 0 Å². The lowest BCUT2D eigenvalue weighted by Crippen LogP contribution is -2.36. The number of hydrogen-bond acceptors (Lipinski definition) is 2. The van der Waals surface area contributed by atoms with Gasteiger partial charge < -0.3 is 4.74 Å². The average molecular weight is 383 g/mol. The third-order valence-electron chi connectivity index (χ3n) is 4.25. The summed E-state index contributed by atoms with van der Waals surface area (Å²) in [5.41, 5.74) is -0.585. The minimum atomic E-state index is -0.433. The van der Waals surface area contributed by atoms with Crippen molar-refractivity contribution in [1.29, 1.82) is 0 Å². The number of likely N-dealkylation sites (tertiary alicyclic amines) is 1. The van der Waals surface area contributed by atoms with Crippen LogP contribution in [0.5, 0.6) is 0 Å². The first-order chi connectivity index (χ1) is 8.01. The number of nitrogens with zero attached hydrogens (tertiary/aromatic N) is 1. The van der Waals surface area contributed by atoms with E-state index < -0.39 is 5.60 Å². The highest BCUT2D eigenvalue weighted by Gasteiger charge is 2.74. The summed E-state index contributed by atoms with van der Waals surface area (Å²) in [5.74, 6) is 0. The van der Waals surface area contributed by atoms with Crippen LogP contribution in [0.1, 0.15) is 47.5 Å². The molecule has 2 rings (SSSR count). The quantitative estimate of drug-likeness (QED) is 0.466. The van der Waals surface area contributed by atoms with Crippen LogP contribution in [0.2, 0.25) is 0 Å². The molecule has 0 unspecified atom stereocenters. The zero-order valence-electron chi connectivity index (χ0n) is 11.6. The van der Waals surface area contributed by atoms with Crippen molar-refractivity contribution in [3.63, 3.8) is 0 Å². The van der Waals surface area contributed by atoms with Gasteiger partial charge in [-0.3, -0.25) is 4.90 Å². The molecule has 1 saturated heterocycles. The van der Waals surface area contributed by atoms with Gasteiger partial charge in [0, 0.05) is 9.65 Å². The zero-order chi connectivity index (χ0) is 13.9. The predicted molar refractivity (Wildman–Crippen MR) is 79.5 cm³/mol. The van der Waals surface area contributed by atoms with Crippen LogP contribution in [0.15, 0.2) is 0 Å². The fourth-order valence-corrected chi connectivity index (χ4v) is 4.72. The molecule has 0 aromatic heterocycles. The summed E-state index contributed by atoms with van der Waals surface area (Å²) < 4.78 is 5.51. The second kappa shape index (κ2) is 4.11. The Morgan fingerprint density at radius 3 is 1.89 bits per heavy atom. The monoisotopic (exact) mass is 381 g/mol. The Bertz CT molecular complexity index is 360. The van der Waals surface area contributed by atoms with E-state index in [2.05, 4.69) is 45.7 Å². The van der Waals surface area contributed by atoms with Crippen LogP contribution in [0.4, 0.5) is 4.79 Å². The molecule has 1 heterocycles. The Morgan fingerprint density at radius 2 is 1.56 bits per heavy atom. The van der Waals surface area contributed by atoms with Gasteiger partial charge in [0.15, 0.2) is 0 Å². The fraction of sp³-hybridized carbons (Fsp3) is 0.923. The van der Waals surface area contributed by atoms with E-state index in [1.54, 1.807) is 0 Å². The van der Waals surface area contributed by atoms with Crippen molar-refractivity contribution in [1.82, 2.24) is 4.90 Å². The van der Waals surface area contributed by atoms with Gasteiger partial charge in [0.2, 0.25) is 0 Å². The van der Waals surface area contributed by atoms with E-state index in [-0.39, 0.29) is 17.2 Å². The molecule has 0 aromatic rings. The Morgan fingerprint density at radius 1 is 1.17 bits per heavy atom. The van der Waals surface area contributed by atoms with Gasteiger partial charge >= 0.3 is 6.09 Å². The number of alkyl halides is 2. The van der Waals surface area contributed by atoms with Gasteiger partial charge in [-0.25, -0.2) is 4.79 Å². The summed E-state index contributed by atoms with van der Waals surface area (Å²) >= 11 is 7.38. The van der Waals surface area contributed by atoms with Crippen molar-refractivity contribution in [2.45, 2.75) is 73.8 Å². The van der Waals surface area contributed by atoms with Crippen molar-refractivity contribution >= 4 is 38.0 Å². The van der Waals surface area contributed by atoms with E-state index in [4.69, 9.17) is 4.74 Å². The number of amides is 1. The second-order valence-electron chi connectivity index (χ2n) is 6.80. The molecule has 1 aliphatic heterocycles. The topological polar surface area (TPSA) is 29.3 Å². The van der Waals surface area contributed by atoms with Gasteiger partial charge in [0.1, 0.15) is 5.60 Å². The highest BCUT2D eigenvalue weighted by molar-refractivity contribution is 9.12. The van der Waals surface area contributed by atoms with Crippen molar-refractivity contribution in [3.8, 4) is 0 Å². The lowest BCUT2D eigenvalue weighted by atomic mass is 9.82. The molecule has 2 fully saturated rings. The number of carbonyl (C=O) groups is 1. The van der Waals surface area contributed by atoms with E-state index in [0.29, 0.717) is 9.65 Å². The molecule has 104 valence electrons. The Labute approximate surface area is 126 Å². The third-order valence-corrected chi connectivity index (χ3v) is 6.88. The van der Waals surface area contributed by atoms with E-state index in [0.717, 1.165) is 12.8 Å². The summed E-state index contributed by atoms with van der Waals surface area (Å²) in [6, 6.07) is 0. The van der Waals surface area contributed by atoms with Gasteiger partial charge in [-0.05, 0) is 47.5 Å². The first-order valence-electron chi connectivity index (χ1n) is 6.33. The molecule has 18 heavy (non-hydrogen) atoms. The van der Waals surface area contributed by atoms with Crippen molar-refractivity contribution < 1.29 is 9.53 Å². The summed E-state index contributed by atoms with van der Waals surface area (Å²) in [6.07, 6.45) is 1.73. The minimum absolute atomic E-state index is 0.0756. The number of halogens is 2. The van der Waals surface area contributed by atoms with Gasteiger partial charge in [-0.15, -0.1) is 0 Å². The van der Waals surface area contributed by atoms with Crippen LogP contribution in [0, 0.1) is 0 Å².